The van der Waals surface area contributed by atoms with Gasteiger partial charge in [-0.05, 0) is 95.5 Å². The van der Waals surface area contributed by atoms with Crippen LogP contribution >= 0.6 is 0 Å². The quantitative estimate of drug-likeness (QED) is 0.164. The first-order valence-corrected chi connectivity index (χ1v) is 22.7. The summed E-state index contributed by atoms with van der Waals surface area (Å²) in [5.74, 6) is -0.378. The van der Waals surface area contributed by atoms with Crippen LogP contribution in [0.1, 0.15) is 21.9 Å². The highest BCUT2D eigenvalue weighted by atomic mass is 15.1. The second-order valence-corrected chi connectivity index (χ2v) is 17.1. The third-order valence-electron chi connectivity index (χ3n) is 13.5. The minimum atomic E-state index is -0.672. The van der Waals surface area contributed by atoms with Gasteiger partial charge in [0.15, 0.2) is 0 Å². The third kappa shape index (κ3) is 5.51. The van der Waals surface area contributed by atoms with Gasteiger partial charge in [-0.25, -0.2) is 4.98 Å². The van der Waals surface area contributed by atoms with Crippen LogP contribution in [0.15, 0.2) is 248 Å². The van der Waals surface area contributed by atoms with Gasteiger partial charge in [-0.1, -0.05) is 170 Å². The summed E-state index contributed by atoms with van der Waals surface area (Å²) in [6, 6.07) is 39.2. The number of pyridine rings is 1. The molecule has 70 heavy (non-hydrogen) atoms. The van der Waals surface area contributed by atoms with E-state index in [1.807, 2.05) is 121 Å². The van der Waals surface area contributed by atoms with E-state index in [1.54, 1.807) is 12.1 Å². The van der Waals surface area contributed by atoms with Crippen molar-refractivity contribution >= 4 is 87.2 Å². The van der Waals surface area contributed by atoms with Crippen LogP contribution in [0.3, 0.4) is 0 Å². The Bertz CT molecular complexity index is 5180. The van der Waals surface area contributed by atoms with Gasteiger partial charge in [0, 0.05) is 54.3 Å². The number of hydrogen-bond acceptors (Lipinski definition) is 1. The van der Waals surface area contributed by atoms with E-state index in [0.29, 0.717) is 22.4 Å². The first-order valence-electron chi connectivity index (χ1n) is 30.7. The molecule has 0 fully saturated rings. The van der Waals surface area contributed by atoms with Crippen LogP contribution in [0.2, 0.25) is 0 Å². The van der Waals surface area contributed by atoms with Crippen LogP contribution in [-0.4, -0.2) is 23.3 Å². The Hall–Kier alpha value is -9.45. The lowest BCUT2D eigenvalue weighted by atomic mass is 9.90. The fraction of sp³-hybridized carbons (Fsp3) is 0. The Morgan fingerprint density at radius 1 is 0.314 bits per heavy atom. The summed E-state index contributed by atoms with van der Waals surface area (Å²) in [6.07, 6.45) is 0. The highest BCUT2D eigenvalue weighted by Crippen LogP contribution is 2.47. The van der Waals surface area contributed by atoms with Crippen molar-refractivity contribution in [3.8, 4) is 45.3 Å². The molecule has 0 aliphatic rings. The number of nitrogens with zero attached hydrogens (tertiary/aromatic N) is 5. The predicted molar refractivity (Wildman–Crippen MR) is 292 cm³/mol. The Morgan fingerprint density at radius 2 is 0.743 bits per heavy atom. The largest absolute Gasteiger partial charge is 0.309 e. The number of aromatic nitrogens is 5. The smallest absolute Gasteiger partial charge is 0.140 e. The predicted octanol–water partition coefficient (Wildman–Crippen LogP) is 16.8. The fourth-order valence-corrected chi connectivity index (χ4v) is 10.7. The van der Waals surface area contributed by atoms with Gasteiger partial charge >= 0.3 is 0 Å². The summed E-state index contributed by atoms with van der Waals surface area (Å²) >= 11 is 0. The van der Waals surface area contributed by atoms with Gasteiger partial charge in [0.2, 0.25) is 0 Å². The number of para-hydroxylation sites is 8. The molecular weight excluding hydrogens is 851 g/mol. The number of benzene rings is 10. The summed E-state index contributed by atoms with van der Waals surface area (Å²) in [6.45, 7) is 0. The maximum atomic E-state index is 9.61. The van der Waals surface area contributed by atoms with Gasteiger partial charge in [0.1, 0.15) is 11.6 Å². The van der Waals surface area contributed by atoms with Crippen molar-refractivity contribution in [2.45, 2.75) is 0 Å². The highest BCUT2D eigenvalue weighted by molar-refractivity contribution is 6.18. The molecule has 0 saturated carbocycles. The van der Waals surface area contributed by atoms with Crippen LogP contribution in [0, 0.1) is 0 Å². The molecular formula is C65H41N5. The first kappa shape index (κ1) is 26.2. The average Bonchev–Trinajstić information content (AvgIpc) is 1.56. The summed E-state index contributed by atoms with van der Waals surface area (Å²) in [7, 11) is 0. The molecule has 0 aliphatic heterocycles. The van der Waals surface area contributed by atoms with Crippen molar-refractivity contribution in [1.29, 1.82) is 0 Å². The van der Waals surface area contributed by atoms with Crippen molar-refractivity contribution < 1.29 is 21.9 Å². The van der Waals surface area contributed by atoms with Crippen molar-refractivity contribution in [3.63, 3.8) is 0 Å². The van der Waals surface area contributed by atoms with Gasteiger partial charge in [-0.15, -0.1) is 0 Å². The van der Waals surface area contributed by atoms with Crippen LogP contribution in [0.4, 0.5) is 0 Å². The molecule has 0 bridgehead atoms. The van der Waals surface area contributed by atoms with Crippen molar-refractivity contribution in [3.05, 3.63) is 248 Å². The molecule has 10 aromatic carbocycles. The molecule has 0 amide bonds. The molecule has 0 unspecified atom stereocenters. The zero-order valence-electron chi connectivity index (χ0n) is 52.7. The van der Waals surface area contributed by atoms with E-state index < -0.39 is 96.7 Å². The zero-order chi connectivity index (χ0) is 59.8. The van der Waals surface area contributed by atoms with Gasteiger partial charge in [0.25, 0.3) is 0 Å². The molecule has 0 spiro atoms. The van der Waals surface area contributed by atoms with E-state index in [4.69, 9.17) is 16.0 Å². The van der Waals surface area contributed by atoms with Gasteiger partial charge in [-0.3, -0.25) is 9.13 Å². The normalized spacial score (nSPS) is 15.2. The minimum Gasteiger partial charge on any atom is -0.309 e. The van der Waals surface area contributed by atoms with Crippen molar-refractivity contribution in [2.75, 3.05) is 0 Å². The minimum absolute atomic E-state index is 0.189. The van der Waals surface area contributed by atoms with Gasteiger partial charge < -0.3 is 9.13 Å². The molecule has 5 aromatic heterocycles. The molecule has 15 aromatic rings. The lowest BCUT2D eigenvalue weighted by Gasteiger charge is -2.21. The molecule has 15 rings (SSSR count). The molecule has 0 radical (unpaired) electrons. The average molecular weight is 908 g/mol. The van der Waals surface area contributed by atoms with E-state index in [0.717, 1.165) is 54.9 Å². The van der Waals surface area contributed by atoms with E-state index in [-0.39, 0.29) is 55.2 Å². The van der Waals surface area contributed by atoms with E-state index in [2.05, 4.69) is 27.3 Å². The lowest BCUT2D eigenvalue weighted by Crippen LogP contribution is -2.06. The Morgan fingerprint density at radius 3 is 1.29 bits per heavy atom. The molecule has 0 saturated heterocycles. The third-order valence-corrected chi connectivity index (χ3v) is 13.5. The van der Waals surface area contributed by atoms with Crippen LogP contribution in [0.25, 0.3) is 132 Å². The van der Waals surface area contributed by atoms with Crippen molar-refractivity contribution in [1.82, 2.24) is 23.3 Å². The number of hydrogen-bond donors (Lipinski definition) is 0. The topological polar surface area (TPSA) is 32.6 Å². The Balaban J connectivity index is 1.20. The zero-order valence-corrected chi connectivity index (χ0v) is 36.7. The second-order valence-electron chi connectivity index (χ2n) is 17.1. The fourth-order valence-electron chi connectivity index (χ4n) is 10.7. The maximum absolute atomic E-state index is 9.61. The molecule has 0 aliphatic carbocycles. The molecule has 5 nitrogen and oxygen atoms in total. The second kappa shape index (κ2) is 15.0. The summed E-state index contributed by atoms with van der Waals surface area (Å²) in [5, 5.41) is 2.79. The van der Waals surface area contributed by atoms with E-state index in [1.165, 1.54) is 9.13 Å². The molecule has 326 valence electrons. The molecule has 5 heterocycles. The van der Waals surface area contributed by atoms with Crippen LogP contribution < -0.4 is 0 Å². The Kier molecular flexibility index (Phi) is 5.62. The first-order chi connectivity index (χ1) is 41.4. The number of rotatable bonds is 6. The van der Waals surface area contributed by atoms with E-state index in [9.17, 15) is 11.0 Å². The Labute approximate surface area is 425 Å². The lowest BCUT2D eigenvalue weighted by molar-refractivity contribution is 1.01. The van der Waals surface area contributed by atoms with Crippen LogP contribution in [-0.2, 0) is 0 Å². The molecule has 0 atom stereocenters. The SMILES string of the molecule is [2H]c1c([2H])c([2H])c2c(c1[2H])c1c([2H])c([2H])c([2H])c([2H])c1n2-c1cc(-c2c(-c3cccc4c3c3ccccc3n4-c3ccccc3)cccc2-n2c3ccccc3c3ccccc32)cc(-n2c3c([2H])c([2H])c([2H])c([2H])c3c3c([2H])c([2H])c([2H])c([2H])c32)n1. The monoisotopic (exact) mass is 907 g/mol. The summed E-state index contributed by atoms with van der Waals surface area (Å²) in [4.78, 5) is 5.26. The van der Waals surface area contributed by atoms with Crippen LogP contribution in [0.5, 0.6) is 0 Å². The maximum Gasteiger partial charge on any atom is 0.140 e. The number of fused-ring (bicyclic) bond motifs is 12. The highest BCUT2D eigenvalue weighted by Gasteiger charge is 2.25. The standard InChI is InChI=1S/C65H41N5/c1-2-20-43(21-3-1)67-59-37-17-10-28-52(59)65-51(30-19-39-61(65)67)50-29-18-38-60(68-53-31-11-4-22-44(53)45-23-5-12-32-54(45)68)64(50)42-40-62(69-55-33-13-6-24-46(55)47-25-7-14-34-56(47)69)66-63(41-42)70-57-35-15-8-26-48(57)49-27-9-16-36-58(49)70/h1-41H/i6D,7D,8D,9D,13D,14D,15D,16D,24D,25D,26D,27D,33D,34D,35D,36D. The molecule has 0 N–H and O–H groups in total. The summed E-state index contributed by atoms with van der Waals surface area (Å²) < 4.78 is 155. The van der Waals surface area contributed by atoms with Crippen molar-refractivity contribution in [2.24, 2.45) is 0 Å². The van der Waals surface area contributed by atoms with Gasteiger partial charge in [-0.2, -0.15) is 0 Å². The summed E-state index contributed by atoms with van der Waals surface area (Å²) in [5.41, 5.74) is 6.23. The van der Waals surface area contributed by atoms with E-state index >= 15 is 0 Å². The van der Waals surface area contributed by atoms with Gasteiger partial charge in [0.05, 0.1) is 71.8 Å². The molecule has 5 heteroatoms.